The molecule has 0 unspecified atom stereocenters. The zero-order chi connectivity index (χ0) is 13.2. The smallest absolute Gasteiger partial charge is 0.225 e. The van der Waals surface area contributed by atoms with Gasteiger partial charge >= 0.3 is 0 Å². The fourth-order valence-corrected chi connectivity index (χ4v) is 2.00. The maximum atomic E-state index is 5.79. The molecular weight excluding hydrogens is 262 g/mol. The van der Waals surface area contributed by atoms with Crippen molar-refractivity contribution >= 4 is 22.5 Å². The molecule has 0 bridgehead atoms. The highest BCUT2D eigenvalue weighted by molar-refractivity contribution is 6.28. The number of fused-ring (bicyclic) bond motifs is 1. The maximum Gasteiger partial charge on any atom is 0.225 e. The minimum atomic E-state index is 0.170. The molecule has 2 heterocycles. The number of para-hydroxylation sites is 1. The van der Waals surface area contributed by atoms with E-state index < -0.39 is 0 Å². The Kier molecular flexibility index (Phi) is 3.01. The predicted octanol–water partition coefficient (Wildman–Crippen LogP) is 3.78. The third kappa shape index (κ3) is 2.63. The van der Waals surface area contributed by atoms with Crippen molar-refractivity contribution in [1.29, 1.82) is 0 Å². The number of aromatic nitrogens is 3. The first-order valence-electron chi connectivity index (χ1n) is 5.74. The number of rotatable bonds is 2. The Bertz CT molecular complexity index is 725. The minimum Gasteiger partial charge on any atom is -0.437 e. The molecule has 0 fully saturated rings. The number of hydrogen-bond donors (Lipinski definition) is 0. The molecule has 0 spiro atoms. The van der Waals surface area contributed by atoms with E-state index in [1.807, 2.05) is 37.3 Å². The van der Waals surface area contributed by atoms with Gasteiger partial charge in [-0.05, 0) is 30.7 Å². The van der Waals surface area contributed by atoms with Crippen molar-refractivity contribution in [2.75, 3.05) is 0 Å². The van der Waals surface area contributed by atoms with Gasteiger partial charge in [0.25, 0.3) is 0 Å². The number of halogens is 1. The van der Waals surface area contributed by atoms with E-state index in [-0.39, 0.29) is 5.28 Å². The van der Waals surface area contributed by atoms with E-state index >= 15 is 0 Å². The monoisotopic (exact) mass is 271 g/mol. The van der Waals surface area contributed by atoms with Crippen LogP contribution in [0.2, 0.25) is 5.28 Å². The standard InChI is InChI=1S/C14H10ClN3O/c1-9-6-13(18-14(15)17-9)19-11-7-10-4-2-3-5-12(10)16-8-11/h2-8H,1H3. The van der Waals surface area contributed by atoms with Crippen molar-refractivity contribution in [3.05, 3.63) is 53.6 Å². The van der Waals surface area contributed by atoms with Gasteiger partial charge in [-0.15, -0.1) is 0 Å². The third-order valence-electron chi connectivity index (χ3n) is 2.59. The summed E-state index contributed by atoms with van der Waals surface area (Å²) in [5, 5.41) is 1.18. The van der Waals surface area contributed by atoms with Crippen LogP contribution in [0.4, 0.5) is 0 Å². The van der Waals surface area contributed by atoms with Crippen molar-refractivity contribution in [2.45, 2.75) is 6.92 Å². The maximum absolute atomic E-state index is 5.79. The molecule has 0 amide bonds. The number of hydrogen-bond acceptors (Lipinski definition) is 4. The summed E-state index contributed by atoms with van der Waals surface area (Å²) >= 11 is 5.79. The van der Waals surface area contributed by atoms with Crippen LogP contribution in [0.15, 0.2) is 42.6 Å². The number of benzene rings is 1. The summed E-state index contributed by atoms with van der Waals surface area (Å²) < 4.78 is 5.65. The molecule has 0 aliphatic rings. The normalized spacial score (nSPS) is 10.6. The van der Waals surface area contributed by atoms with Crippen LogP contribution in [0.3, 0.4) is 0 Å². The van der Waals surface area contributed by atoms with Crippen LogP contribution < -0.4 is 4.74 Å². The first-order chi connectivity index (χ1) is 9.20. The highest BCUT2D eigenvalue weighted by Crippen LogP contribution is 2.23. The van der Waals surface area contributed by atoms with Crippen LogP contribution >= 0.6 is 11.6 Å². The Balaban J connectivity index is 1.96. The lowest BCUT2D eigenvalue weighted by molar-refractivity contribution is 0.459. The van der Waals surface area contributed by atoms with Gasteiger partial charge in [-0.1, -0.05) is 18.2 Å². The fraction of sp³-hybridized carbons (Fsp3) is 0.0714. The summed E-state index contributed by atoms with van der Waals surface area (Å²) in [4.78, 5) is 12.3. The SMILES string of the molecule is Cc1cc(Oc2cnc3ccccc3c2)nc(Cl)n1. The molecule has 94 valence electrons. The van der Waals surface area contributed by atoms with E-state index in [9.17, 15) is 0 Å². The van der Waals surface area contributed by atoms with Crippen molar-refractivity contribution in [1.82, 2.24) is 15.0 Å². The van der Waals surface area contributed by atoms with Crippen LogP contribution in [0.25, 0.3) is 10.9 Å². The molecule has 0 N–H and O–H groups in total. The van der Waals surface area contributed by atoms with Crippen LogP contribution in [-0.2, 0) is 0 Å². The summed E-state index contributed by atoms with van der Waals surface area (Å²) in [6, 6.07) is 11.5. The molecule has 0 radical (unpaired) electrons. The van der Waals surface area contributed by atoms with Crippen molar-refractivity contribution in [3.63, 3.8) is 0 Å². The van der Waals surface area contributed by atoms with E-state index in [1.54, 1.807) is 12.3 Å². The Hall–Kier alpha value is -2.20. The molecule has 0 aliphatic carbocycles. The zero-order valence-electron chi connectivity index (χ0n) is 10.2. The average molecular weight is 272 g/mol. The zero-order valence-corrected chi connectivity index (χ0v) is 10.9. The number of pyridine rings is 1. The molecule has 0 saturated heterocycles. The van der Waals surface area contributed by atoms with Gasteiger partial charge in [-0.2, -0.15) is 4.98 Å². The highest BCUT2D eigenvalue weighted by Gasteiger charge is 2.04. The molecule has 0 saturated carbocycles. The van der Waals surface area contributed by atoms with Gasteiger partial charge in [0.2, 0.25) is 11.2 Å². The van der Waals surface area contributed by atoms with Gasteiger partial charge in [0, 0.05) is 17.1 Å². The number of nitrogens with zero attached hydrogens (tertiary/aromatic N) is 3. The van der Waals surface area contributed by atoms with Gasteiger partial charge in [0.1, 0.15) is 5.75 Å². The molecule has 3 aromatic rings. The second-order valence-corrected chi connectivity index (χ2v) is 4.42. The van der Waals surface area contributed by atoms with E-state index in [4.69, 9.17) is 16.3 Å². The van der Waals surface area contributed by atoms with Gasteiger partial charge < -0.3 is 4.74 Å². The lowest BCUT2D eigenvalue weighted by Crippen LogP contribution is -1.93. The molecule has 0 aliphatic heterocycles. The minimum absolute atomic E-state index is 0.170. The Labute approximate surface area is 115 Å². The van der Waals surface area contributed by atoms with E-state index in [0.717, 1.165) is 16.6 Å². The van der Waals surface area contributed by atoms with Crippen molar-refractivity contribution < 1.29 is 4.74 Å². The molecule has 4 nitrogen and oxygen atoms in total. The van der Waals surface area contributed by atoms with Crippen molar-refractivity contribution in [3.8, 4) is 11.6 Å². The summed E-state index contributed by atoms with van der Waals surface area (Å²) in [6.07, 6.45) is 1.66. The van der Waals surface area contributed by atoms with Crippen molar-refractivity contribution in [2.24, 2.45) is 0 Å². The first-order valence-corrected chi connectivity index (χ1v) is 6.12. The molecule has 0 atom stereocenters. The Morgan fingerprint density at radius 1 is 1.11 bits per heavy atom. The number of ether oxygens (including phenoxy) is 1. The van der Waals surface area contributed by atoms with E-state index in [1.165, 1.54) is 0 Å². The average Bonchev–Trinajstić information content (AvgIpc) is 2.37. The van der Waals surface area contributed by atoms with Crippen LogP contribution in [0.1, 0.15) is 5.69 Å². The van der Waals surface area contributed by atoms with E-state index in [0.29, 0.717) is 11.6 Å². The highest BCUT2D eigenvalue weighted by atomic mass is 35.5. The third-order valence-corrected chi connectivity index (χ3v) is 2.76. The summed E-state index contributed by atoms with van der Waals surface area (Å²) in [5.41, 5.74) is 1.68. The molecule has 5 heteroatoms. The molecule has 19 heavy (non-hydrogen) atoms. The van der Waals surface area contributed by atoms with Crippen LogP contribution in [-0.4, -0.2) is 15.0 Å². The Morgan fingerprint density at radius 2 is 1.95 bits per heavy atom. The largest absolute Gasteiger partial charge is 0.437 e. The van der Waals surface area contributed by atoms with Gasteiger partial charge in [0.05, 0.1) is 11.7 Å². The second-order valence-electron chi connectivity index (χ2n) is 4.08. The molecule has 2 aromatic heterocycles. The summed E-state index contributed by atoms with van der Waals surface area (Å²) in [5.74, 6) is 1.03. The summed E-state index contributed by atoms with van der Waals surface area (Å²) in [6.45, 7) is 1.83. The topological polar surface area (TPSA) is 47.9 Å². The van der Waals surface area contributed by atoms with Crippen LogP contribution in [0, 0.1) is 6.92 Å². The number of aryl methyl sites for hydroxylation is 1. The fourth-order valence-electron chi connectivity index (χ4n) is 1.78. The predicted molar refractivity (Wildman–Crippen MR) is 73.6 cm³/mol. The lowest BCUT2D eigenvalue weighted by atomic mass is 10.2. The Morgan fingerprint density at radius 3 is 2.79 bits per heavy atom. The van der Waals surface area contributed by atoms with Gasteiger partial charge in [0.15, 0.2) is 0 Å². The van der Waals surface area contributed by atoms with Gasteiger partial charge in [-0.3, -0.25) is 4.98 Å². The molecule has 3 rings (SSSR count). The molecule has 1 aromatic carbocycles. The quantitative estimate of drug-likeness (QED) is 0.666. The van der Waals surface area contributed by atoms with Gasteiger partial charge in [-0.25, -0.2) is 4.98 Å². The second kappa shape index (κ2) is 4.82. The summed E-state index contributed by atoms with van der Waals surface area (Å²) in [7, 11) is 0. The van der Waals surface area contributed by atoms with Crippen LogP contribution in [0.5, 0.6) is 11.6 Å². The van der Waals surface area contributed by atoms with E-state index in [2.05, 4.69) is 15.0 Å². The lowest BCUT2D eigenvalue weighted by Gasteiger charge is -2.06. The molecular formula is C14H10ClN3O. The first kappa shape index (κ1) is 11.9.